The molecule has 0 saturated carbocycles. The number of hydrogen-bond acceptors (Lipinski definition) is 6. The fourth-order valence-corrected chi connectivity index (χ4v) is 3.17. The Balaban J connectivity index is 2.08. The van der Waals surface area contributed by atoms with Crippen molar-refractivity contribution >= 4 is 21.7 Å². The maximum absolute atomic E-state index is 14.2. The van der Waals surface area contributed by atoms with Crippen LogP contribution in [0.25, 0.3) is 11.3 Å². The van der Waals surface area contributed by atoms with Gasteiger partial charge in [-0.25, -0.2) is 9.07 Å². The molecule has 0 bridgehead atoms. The highest BCUT2D eigenvalue weighted by Crippen LogP contribution is 2.24. The standard InChI is InChI=1S/C20H18ClFN2O5S/c1-28-19-8-5-14(9-17(19)22)18-10-15(12-29-30(2,26)27)20(25)24(23-18)11-13-3-6-16(21)7-4-13/h3-10H,11-12H2,1-2H3. The number of hydrogen-bond donors (Lipinski definition) is 0. The summed E-state index contributed by atoms with van der Waals surface area (Å²) >= 11 is 5.90. The minimum Gasteiger partial charge on any atom is -0.494 e. The number of halogens is 2. The van der Waals surface area contributed by atoms with Gasteiger partial charge in [-0.3, -0.25) is 8.98 Å². The van der Waals surface area contributed by atoms with Crippen molar-refractivity contribution in [2.45, 2.75) is 13.2 Å². The highest BCUT2D eigenvalue weighted by molar-refractivity contribution is 7.85. The third-order valence-corrected chi connectivity index (χ3v) is 4.97. The number of methoxy groups -OCH3 is 1. The molecule has 158 valence electrons. The Bertz CT molecular complexity index is 1230. The summed E-state index contributed by atoms with van der Waals surface area (Å²) in [5, 5.41) is 4.87. The fraction of sp³-hybridized carbons (Fsp3) is 0.200. The zero-order valence-electron chi connectivity index (χ0n) is 16.1. The summed E-state index contributed by atoms with van der Waals surface area (Å²) in [5.41, 5.74) is 0.958. The quantitative estimate of drug-likeness (QED) is 0.511. The van der Waals surface area contributed by atoms with Crippen LogP contribution in [0.15, 0.2) is 53.3 Å². The molecule has 2 aromatic carbocycles. The molecule has 0 amide bonds. The van der Waals surface area contributed by atoms with Crippen LogP contribution >= 0.6 is 11.6 Å². The zero-order chi connectivity index (χ0) is 21.9. The van der Waals surface area contributed by atoms with E-state index in [0.717, 1.165) is 11.8 Å². The van der Waals surface area contributed by atoms with Gasteiger partial charge in [0.15, 0.2) is 11.6 Å². The maximum atomic E-state index is 14.2. The van der Waals surface area contributed by atoms with Crippen molar-refractivity contribution in [1.82, 2.24) is 9.78 Å². The molecule has 3 rings (SSSR count). The van der Waals surface area contributed by atoms with Gasteiger partial charge in [-0.2, -0.15) is 13.5 Å². The number of ether oxygens (including phenoxy) is 1. The molecule has 7 nitrogen and oxygen atoms in total. The predicted octanol–water partition coefficient (Wildman–Crippen LogP) is 3.24. The molecule has 0 aliphatic carbocycles. The molecular weight excluding hydrogens is 435 g/mol. The van der Waals surface area contributed by atoms with Crippen LogP contribution in [0.3, 0.4) is 0 Å². The first-order valence-electron chi connectivity index (χ1n) is 8.70. The van der Waals surface area contributed by atoms with Gasteiger partial charge >= 0.3 is 0 Å². The van der Waals surface area contributed by atoms with Gasteiger partial charge in [0.1, 0.15) is 0 Å². The summed E-state index contributed by atoms with van der Waals surface area (Å²) in [6.07, 6.45) is 0.889. The van der Waals surface area contributed by atoms with E-state index in [9.17, 15) is 17.6 Å². The Labute approximate surface area is 177 Å². The summed E-state index contributed by atoms with van der Waals surface area (Å²) in [4.78, 5) is 12.8. The van der Waals surface area contributed by atoms with Crippen molar-refractivity contribution in [3.63, 3.8) is 0 Å². The minimum atomic E-state index is -3.77. The molecular formula is C20H18ClFN2O5S. The molecule has 1 aromatic heterocycles. The first-order valence-corrected chi connectivity index (χ1v) is 10.9. The van der Waals surface area contributed by atoms with Gasteiger partial charge in [-0.05, 0) is 42.0 Å². The van der Waals surface area contributed by atoms with Gasteiger partial charge in [0.2, 0.25) is 0 Å². The Morgan fingerprint density at radius 1 is 1.13 bits per heavy atom. The number of aromatic nitrogens is 2. The molecule has 30 heavy (non-hydrogen) atoms. The van der Waals surface area contributed by atoms with Crippen molar-refractivity contribution in [3.05, 3.63) is 80.9 Å². The molecule has 10 heteroatoms. The largest absolute Gasteiger partial charge is 0.494 e. The molecule has 0 saturated heterocycles. The fourth-order valence-electron chi connectivity index (χ4n) is 2.71. The summed E-state index contributed by atoms with van der Waals surface area (Å²) in [6.45, 7) is -0.360. The molecule has 0 unspecified atom stereocenters. The van der Waals surface area contributed by atoms with E-state index in [4.69, 9.17) is 20.5 Å². The summed E-state index contributed by atoms with van der Waals surface area (Å²) in [7, 11) is -2.42. The second-order valence-electron chi connectivity index (χ2n) is 6.46. The van der Waals surface area contributed by atoms with E-state index < -0.39 is 28.1 Å². The van der Waals surface area contributed by atoms with Gasteiger partial charge in [-0.1, -0.05) is 23.7 Å². The van der Waals surface area contributed by atoms with E-state index in [1.165, 1.54) is 30.0 Å². The van der Waals surface area contributed by atoms with Crippen LogP contribution in [0.2, 0.25) is 5.02 Å². The van der Waals surface area contributed by atoms with Gasteiger partial charge in [0, 0.05) is 16.1 Å². The van der Waals surface area contributed by atoms with E-state index in [0.29, 0.717) is 10.6 Å². The smallest absolute Gasteiger partial charge is 0.272 e. The van der Waals surface area contributed by atoms with E-state index in [-0.39, 0.29) is 23.6 Å². The van der Waals surface area contributed by atoms with Crippen LogP contribution in [0.4, 0.5) is 4.39 Å². The van der Waals surface area contributed by atoms with Crippen LogP contribution < -0.4 is 10.3 Å². The Kier molecular flexibility index (Phi) is 6.55. The lowest BCUT2D eigenvalue weighted by Gasteiger charge is -2.12. The van der Waals surface area contributed by atoms with Crippen LogP contribution in [-0.4, -0.2) is 31.6 Å². The highest BCUT2D eigenvalue weighted by Gasteiger charge is 2.14. The molecule has 0 N–H and O–H groups in total. The van der Waals surface area contributed by atoms with Gasteiger partial charge in [-0.15, -0.1) is 0 Å². The zero-order valence-corrected chi connectivity index (χ0v) is 17.7. The van der Waals surface area contributed by atoms with E-state index >= 15 is 0 Å². The van der Waals surface area contributed by atoms with Gasteiger partial charge < -0.3 is 4.74 Å². The molecule has 0 aliphatic heterocycles. The second-order valence-corrected chi connectivity index (χ2v) is 8.54. The topological polar surface area (TPSA) is 87.5 Å². The Morgan fingerprint density at radius 3 is 2.43 bits per heavy atom. The van der Waals surface area contributed by atoms with Crippen LogP contribution in [0.1, 0.15) is 11.1 Å². The maximum Gasteiger partial charge on any atom is 0.272 e. The Morgan fingerprint density at radius 2 is 1.83 bits per heavy atom. The van der Waals surface area contributed by atoms with Crippen molar-refractivity contribution in [1.29, 1.82) is 0 Å². The van der Waals surface area contributed by atoms with Crippen LogP contribution in [0.5, 0.6) is 5.75 Å². The number of benzene rings is 2. The average Bonchev–Trinajstić information content (AvgIpc) is 2.69. The molecule has 1 heterocycles. The van der Waals surface area contributed by atoms with Crippen LogP contribution in [-0.2, 0) is 27.5 Å². The van der Waals surface area contributed by atoms with Crippen LogP contribution in [0, 0.1) is 5.82 Å². The first-order chi connectivity index (χ1) is 14.2. The van der Waals surface area contributed by atoms with Gasteiger partial charge in [0.05, 0.1) is 32.2 Å². The normalized spacial score (nSPS) is 11.5. The van der Waals surface area contributed by atoms with Crippen molar-refractivity contribution in [2.75, 3.05) is 13.4 Å². The van der Waals surface area contributed by atoms with E-state index in [2.05, 4.69) is 5.10 Å². The summed E-state index contributed by atoms with van der Waals surface area (Å²) in [6, 6.07) is 12.5. The van der Waals surface area contributed by atoms with E-state index in [1.807, 2.05) is 0 Å². The highest BCUT2D eigenvalue weighted by atomic mass is 35.5. The first kappa shape index (κ1) is 21.9. The third-order valence-electron chi connectivity index (χ3n) is 4.17. The SMILES string of the molecule is COc1ccc(-c2cc(COS(C)(=O)=O)c(=O)n(Cc3ccc(Cl)cc3)n2)cc1F. The summed E-state index contributed by atoms with van der Waals surface area (Å²) in [5.74, 6) is -0.532. The van der Waals surface area contributed by atoms with Crippen molar-refractivity contribution in [3.8, 4) is 17.0 Å². The molecule has 3 aromatic rings. The minimum absolute atomic E-state index is 0.0638. The molecule has 0 aliphatic rings. The Hall–Kier alpha value is -2.75. The lowest BCUT2D eigenvalue weighted by Crippen LogP contribution is -2.28. The number of rotatable bonds is 7. The monoisotopic (exact) mass is 452 g/mol. The number of nitrogens with zero attached hydrogens (tertiary/aromatic N) is 2. The average molecular weight is 453 g/mol. The summed E-state index contributed by atoms with van der Waals surface area (Å²) < 4.78 is 47.8. The third kappa shape index (κ3) is 5.44. The van der Waals surface area contributed by atoms with Crippen molar-refractivity contribution < 1.29 is 21.7 Å². The molecule has 0 radical (unpaired) electrons. The lowest BCUT2D eigenvalue weighted by molar-refractivity contribution is 0.308. The second kappa shape index (κ2) is 8.95. The predicted molar refractivity (Wildman–Crippen MR) is 111 cm³/mol. The lowest BCUT2D eigenvalue weighted by atomic mass is 10.1. The molecule has 0 fully saturated rings. The molecule has 0 spiro atoms. The van der Waals surface area contributed by atoms with Gasteiger partial charge in [0.25, 0.3) is 15.7 Å². The van der Waals surface area contributed by atoms with E-state index in [1.54, 1.807) is 30.3 Å². The molecule has 0 atom stereocenters. The van der Waals surface area contributed by atoms with Crippen molar-refractivity contribution in [2.24, 2.45) is 0 Å².